The van der Waals surface area contributed by atoms with Gasteiger partial charge in [-0.3, -0.25) is 29.8 Å². The number of rotatable bonds is 7. The molecular formula is C29H24N4O6. The number of carbonyl (C=O) groups excluding carboxylic acids is 6. The van der Waals surface area contributed by atoms with E-state index >= 15 is 0 Å². The fourth-order valence-electron chi connectivity index (χ4n) is 4.83. The number of benzene rings is 3. The molecule has 196 valence electrons. The molecule has 2 heterocycles. The van der Waals surface area contributed by atoms with E-state index in [1.807, 2.05) is 0 Å². The van der Waals surface area contributed by atoms with Crippen LogP contribution in [0.1, 0.15) is 22.9 Å². The Morgan fingerprint density at radius 3 is 1.28 bits per heavy atom. The molecule has 0 bridgehead atoms. The molecule has 8 amide bonds. The molecule has 3 aromatic rings. The van der Waals surface area contributed by atoms with E-state index in [1.165, 1.54) is 0 Å². The van der Waals surface area contributed by atoms with Gasteiger partial charge in [0.25, 0.3) is 0 Å². The average Bonchev–Trinajstić information content (AvgIpc) is 2.94. The van der Waals surface area contributed by atoms with Gasteiger partial charge >= 0.3 is 12.1 Å². The van der Waals surface area contributed by atoms with Crippen molar-refractivity contribution in [1.82, 2.24) is 20.4 Å². The van der Waals surface area contributed by atoms with Crippen molar-refractivity contribution in [3.05, 3.63) is 108 Å². The van der Waals surface area contributed by atoms with Crippen molar-refractivity contribution in [2.75, 3.05) is 0 Å². The molecule has 0 aliphatic carbocycles. The van der Waals surface area contributed by atoms with Gasteiger partial charge in [0.2, 0.25) is 23.6 Å². The van der Waals surface area contributed by atoms with Gasteiger partial charge in [-0.2, -0.15) is 0 Å². The van der Waals surface area contributed by atoms with Crippen LogP contribution in [-0.4, -0.2) is 45.5 Å². The van der Waals surface area contributed by atoms with Crippen molar-refractivity contribution in [3.63, 3.8) is 0 Å². The number of imide groups is 4. The topological polar surface area (TPSA) is 133 Å². The maximum Gasteiger partial charge on any atom is 0.332 e. The molecule has 2 N–H and O–H groups in total. The number of nitrogens with one attached hydrogen (secondary N) is 2. The van der Waals surface area contributed by atoms with E-state index in [9.17, 15) is 28.8 Å². The highest BCUT2D eigenvalue weighted by Crippen LogP contribution is 2.33. The van der Waals surface area contributed by atoms with Gasteiger partial charge < -0.3 is 0 Å². The standard InChI is InChI=1S/C29H24N4O6/c34-23-21(16-18-10-4-1-5-11-18)26(36)32(28(38)30-23)25(20-14-8-3-9-15-20)33-27(37)22(24(35)31-29(33)39)17-19-12-6-2-7-13-19/h1-15,21-22,25H,16-17H2,(H,30,34,38)(H,31,35,39). The number of hydrogen-bond acceptors (Lipinski definition) is 6. The minimum atomic E-state index is -1.54. The molecule has 2 atom stereocenters. The summed E-state index contributed by atoms with van der Waals surface area (Å²) < 4.78 is 0. The molecular weight excluding hydrogens is 500 g/mol. The Labute approximate surface area is 223 Å². The van der Waals surface area contributed by atoms with Crippen molar-refractivity contribution < 1.29 is 28.8 Å². The summed E-state index contributed by atoms with van der Waals surface area (Å²) in [6.45, 7) is 0. The van der Waals surface area contributed by atoms with Gasteiger partial charge in [0.15, 0.2) is 6.17 Å². The van der Waals surface area contributed by atoms with E-state index in [-0.39, 0.29) is 18.4 Å². The number of urea groups is 2. The summed E-state index contributed by atoms with van der Waals surface area (Å²) in [7, 11) is 0. The first-order valence-electron chi connectivity index (χ1n) is 12.3. The quantitative estimate of drug-likeness (QED) is 0.457. The first-order valence-corrected chi connectivity index (χ1v) is 12.3. The van der Waals surface area contributed by atoms with Crippen LogP contribution in [0.4, 0.5) is 9.59 Å². The van der Waals surface area contributed by atoms with Crippen molar-refractivity contribution in [2.45, 2.75) is 19.0 Å². The smallest absolute Gasteiger partial charge is 0.277 e. The predicted octanol–water partition coefficient (Wildman–Crippen LogP) is 2.56. The van der Waals surface area contributed by atoms with Gasteiger partial charge in [-0.15, -0.1) is 0 Å². The van der Waals surface area contributed by atoms with Gasteiger partial charge in [0.1, 0.15) is 11.8 Å². The summed E-state index contributed by atoms with van der Waals surface area (Å²) in [5.41, 5.74) is 1.65. The van der Waals surface area contributed by atoms with Crippen molar-refractivity contribution in [2.24, 2.45) is 11.8 Å². The van der Waals surface area contributed by atoms with Crippen LogP contribution in [0.5, 0.6) is 0 Å². The third kappa shape index (κ3) is 5.04. The molecule has 2 aliphatic rings. The van der Waals surface area contributed by atoms with E-state index in [4.69, 9.17) is 0 Å². The Bertz CT molecular complexity index is 1350. The minimum Gasteiger partial charge on any atom is -0.277 e. The van der Waals surface area contributed by atoms with Crippen LogP contribution in [0.2, 0.25) is 0 Å². The third-order valence-corrected chi connectivity index (χ3v) is 6.75. The molecule has 2 saturated heterocycles. The third-order valence-electron chi connectivity index (χ3n) is 6.75. The SMILES string of the molecule is O=C1NC(=O)N(C(c2ccccc2)N2C(=O)NC(=O)C(Cc3ccccc3)C2=O)C(=O)C1Cc1ccccc1. The normalized spacial score (nSPS) is 20.5. The zero-order chi connectivity index (χ0) is 27.5. The lowest BCUT2D eigenvalue weighted by Gasteiger charge is -2.42. The highest BCUT2D eigenvalue weighted by molar-refractivity contribution is 6.19. The second-order valence-electron chi connectivity index (χ2n) is 9.27. The van der Waals surface area contributed by atoms with E-state index in [1.54, 1.807) is 91.0 Å². The predicted molar refractivity (Wildman–Crippen MR) is 137 cm³/mol. The van der Waals surface area contributed by atoms with Crippen molar-refractivity contribution >= 4 is 35.7 Å². The van der Waals surface area contributed by atoms with Crippen LogP contribution >= 0.6 is 0 Å². The van der Waals surface area contributed by atoms with Crippen molar-refractivity contribution in [1.29, 1.82) is 0 Å². The van der Waals surface area contributed by atoms with Crippen LogP contribution in [0, 0.1) is 11.8 Å². The maximum absolute atomic E-state index is 13.8. The molecule has 2 unspecified atom stereocenters. The fraction of sp³-hybridized carbons (Fsp3) is 0.172. The van der Waals surface area contributed by atoms with E-state index < -0.39 is 53.7 Å². The van der Waals surface area contributed by atoms with Gasteiger partial charge in [-0.25, -0.2) is 19.4 Å². The number of hydrogen-bond donors (Lipinski definition) is 2. The number of nitrogens with zero attached hydrogens (tertiary/aromatic N) is 2. The summed E-state index contributed by atoms with van der Waals surface area (Å²) in [5, 5.41) is 4.40. The monoisotopic (exact) mass is 524 g/mol. The lowest BCUT2D eigenvalue weighted by Crippen LogP contribution is -2.66. The zero-order valence-corrected chi connectivity index (χ0v) is 20.7. The first kappa shape index (κ1) is 25.5. The molecule has 0 aromatic heterocycles. The lowest BCUT2D eigenvalue weighted by molar-refractivity contribution is -0.151. The number of carbonyl (C=O) groups is 6. The summed E-state index contributed by atoms with van der Waals surface area (Å²) >= 11 is 0. The Balaban J connectivity index is 1.54. The first-order chi connectivity index (χ1) is 18.8. The lowest BCUT2D eigenvalue weighted by atomic mass is 9.93. The van der Waals surface area contributed by atoms with Gasteiger partial charge in [0.05, 0.1) is 0 Å². The Morgan fingerprint density at radius 1 is 0.538 bits per heavy atom. The Morgan fingerprint density at radius 2 is 0.897 bits per heavy atom. The van der Waals surface area contributed by atoms with E-state index in [0.29, 0.717) is 11.1 Å². The van der Waals surface area contributed by atoms with Crippen molar-refractivity contribution in [3.8, 4) is 0 Å². The van der Waals surface area contributed by atoms with E-state index in [2.05, 4.69) is 10.6 Å². The highest BCUT2D eigenvalue weighted by atomic mass is 16.2. The summed E-state index contributed by atoms with van der Waals surface area (Å²) in [5.74, 6) is -5.83. The summed E-state index contributed by atoms with van der Waals surface area (Å²) in [4.78, 5) is 80.8. The van der Waals surface area contributed by atoms with Crippen LogP contribution in [0.25, 0.3) is 0 Å². The summed E-state index contributed by atoms with van der Waals surface area (Å²) in [6.07, 6.45) is -1.53. The largest absolute Gasteiger partial charge is 0.332 e. The molecule has 5 rings (SSSR count). The zero-order valence-electron chi connectivity index (χ0n) is 20.7. The van der Waals surface area contributed by atoms with Crippen LogP contribution in [0.3, 0.4) is 0 Å². The molecule has 10 nitrogen and oxygen atoms in total. The van der Waals surface area contributed by atoms with Gasteiger partial charge in [0, 0.05) is 0 Å². The second-order valence-corrected chi connectivity index (χ2v) is 9.27. The highest BCUT2D eigenvalue weighted by Gasteiger charge is 2.51. The molecule has 10 heteroatoms. The molecule has 39 heavy (non-hydrogen) atoms. The molecule has 0 radical (unpaired) electrons. The maximum atomic E-state index is 13.8. The summed E-state index contributed by atoms with van der Waals surface area (Å²) in [6, 6.07) is 23.5. The molecule has 2 aliphatic heterocycles. The fourth-order valence-corrected chi connectivity index (χ4v) is 4.83. The molecule has 0 saturated carbocycles. The molecule has 0 spiro atoms. The minimum absolute atomic E-state index is 0.00601. The number of amides is 8. The van der Waals surface area contributed by atoms with Gasteiger partial charge in [-0.05, 0) is 29.5 Å². The van der Waals surface area contributed by atoms with E-state index in [0.717, 1.165) is 9.80 Å². The van der Waals surface area contributed by atoms with Crippen LogP contribution in [-0.2, 0) is 32.0 Å². The Hall–Kier alpha value is -5.12. The molecule has 3 aromatic carbocycles. The molecule has 2 fully saturated rings. The van der Waals surface area contributed by atoms with Crippen LogP contribution in [0.15, 0.2) is 91.0 Å². The van der Waals surface area contributed by atoms with Crippen LogP contribution < -0.4 is 10.6 Å². The Kier molecular flexibility index (Phi) is 7.00. The average molecular weight is 525 g/mol. The number of barbiturate groups is 2. The van der Waals surface area contributed by atoms with Gasteiger partial charge in [-0.1, -0.05) is 91.0 Å². The second kappa shape index (κ2) is 10.7.